The first kappa shape index (κ1) is 12.0. The lowest BCUT2D eigenvalue weighted by atomic mass is 10.1. The number of hydrogen-bond acceptors (Lipinski definition) is 3. The van der Waals surface area contributed by atoms with Gasteiger partial charge in [0, 0.05) is 6.07 Å². The monoisotopic (exact) mass is 295 g/mol. The summed E-state index contributed by atoms with van der Waals surface area (Å²) < 4.78 is 13.8. The molecule has 17 heavy (non-hydrogen) atoms. The highest BCUT2D eigenvalue weighted by Gasteiger charge is 2.07. The number of nitrogens with zero attached hydrogens (tertiary/aromatic N) is 2. The third-order valence-corrected chi connectivity index (χ3v) is 2.78. The van der Waals surface area contributed by atoms with Gasteiger partial charge in [-0.15, -0.1) is 0 Å². The van der Waals surface area contributed by atoms with Gasteiger partial charge >= 0.3 is 0 Å². The van der Waals surface area contributed by atoms with Crippen LogP contribution in [-0.2, 0) is 0 Å². The molecule has 3 nitrogen and oxygen atoms in total. The largest absolute Gasteiger partial charge is 0.363 e. The van der Waals surface area contributed by atoms with Gasteiger partial charge in [-0.1, -0.05) is 12.1 Å². The molecule has 88 valence electrons. The fourth-order valence-electron chi connectivity index (χ4n) is 1.49. The van der Waals surface area contributed by atoms with Crippen molar-refractivity contribution in [3.05, 3.63) is 52.6 Å². The molecule has 0 amide bonds. The molecule has 0 aliphatic heterocycles. The first-order valence-electron chi connectivity index (χ1n) is 5.14. The Balaban J connectivity index is 2.14. The lowest BCUT2D eigenvalue weighted by Crippen LogP contribution is -2.08. The van der Waals surface area contributed by atoms with Crippen molar-refractivity contribution >= 4 is 21.7 Å². The smallest absolute Gasteiger partial charge is 0.130 e. The van der Waals surface area contributed by atoms with Crippen molar-refractivity contribution in [3.8, 4) is 0 Å². The zero-order valence-electron chi connectivity index (χ0n) is 9.19. The Hall–Kier alpha value is -1.49. The lowest BCUT2D eigenvalue weighted by Gasteiger charge is -2.14. The predicted octanol–water partition coefficient (Wildman–Crippen LogP) is 3.55. The molecule has 1 unspecified atom stereocenters. The van der Waals surface area contributed by atoms with E-state index in [1.54, 1.807) is 12.1 Å². The van der Waals surface area contributed by atoms with E-state index in [1.165, 1.54) is 18.5 Å². The first-order chi connectivity index (χ1) is 8.15. The quantitative estimate of drug-likeness (QED) is 0.880. The van der Waals surface area contributed by atoms with Crippen molar-refractivity contribution in [3.63, 3.8) is 0 Å². The maximum Gasteiger partial charge on any atom is 0.130 e. The van der Waals surface area contributed by atoms with Crippen LogP contribution in [0.15, 0.2) is 41.3 Å². The van der Waals surface area contributed by atoms with Crippen molar-refractivity contribution in [2.75, 3.05) is 5.32 Å². The van der Waals surface area contributed by atoms with Gasteiger partial charge in [-0.25, -0.2) is 14.4 Å². The average molecular weight is 296 g/mol. The van der Waals surface area contributed by atoms with Gasteiger partial charge in [0.15, 0.2) is 0 Å². The maximum atomic E-state index is 13.1. The molecular formula is C12H11BrFN3. The van der Waals surface area contributed by atoms with E-state index in [2.05, 4.69) is 31.2 Å². The van der Waals surface area contributed by atoms with Crippen LogP contribution in [0, 0.1) is 5.82 Å². The molecule has 0 spiro atoms. The van der Waals surface area contributed by atoms with Crippen molar-refractivity contribution in [1.82, 2.24) is 9.97 Å². The zero-order valence-corrected chi connectivity index (χ0v) is 10.8. The molecule has 1 aromatic carbocycles. The van der Waals surface area contributed by atoms with Gasteiger partial charge in [0.1, 0.15) is 22.6 Å². The average Bonchev–Trinajstić information content (AvgIpc) is 2.29. The van der Waals surface area contributed by atoms with E-state index in [1.807, 2.05) is 13.0 Å². The number of halogens is 2. The highest BCUT2D eigenvalue weighted by molar-refractivity contribution is 9.10. The third-order valence-electron chi connectivity index (χ3n) is 2.35. The van der Waals surface area contributed by atoms with E-state index < -0.39 is 0 Å². The summed E-state index contributed by atoms with van der Waals surface area (Å²) in [5.74, 6) is 0.462. The molecule has 1 atom stereocenters. The highest BCUT2D eigenvalue weighted by atomic mass is 79.9. The Bertz CT molecular complexity index is 519. The fraction of sp³-hybridized carbons (Fsp3) is 0.167. The molecule has 0 aliphatic carbocycles. The van der Waals surface area contributed by atoms with Gasteiger partial charge in [0.2, 0.25) is 0 Å². The lowest BCUT2D eigenvalue weighted by molar-refractivity contribution is 0.623. The Morgan fingerprint density at radius 1 is 1.29 bits per heavy atom. The number of hydrogen-bond donors (Lipinski definition) is 1. The summed E-state index contributed by atoms with van der Waals surface area (Å²) in [7, 11) is 0. The molecule has 1 aromatic heterocycles. The molecule has 0 saturated heterocycles. The molecule has 2 rings (SSSR count). The Morgan fingerprint density at radius 2 is 2.12 bits per heavy atom. The second-order valence-corrected chi connectivity index (χ2v) is 4.46. The topological polar surface area (TPSA) is 37.8 Å². The predicted molar refractivity (Wildman–Crippen MR) is 68.2 cm³/mol. The van der Waals surface area contributed by atoms with Gasteiger partial charge in [-0.2, -0.15) is 0 Å². The third kappa shape index (κ3) is 3.23. The van der Waals surface area contributed by atoms with E-state index in [9.17, 15) is 4.39 Å². The molecule has 0 radical (unpaired) electrons. The first-order valence-corrected chi connectivity index (χ1v) is 5.94. The van der Waals surface area contributed by atoms with Crippen molar-refractivity contribution in [1.29, 1.82) is 0 Å². The van der Waals surface area contributed by atoms with Gasteiger partial charge in [-0.3, -0.25) is 0 Å². The van der Waals surface area contributed by atoms with Crippen LogP contribution in [-0.4, -0.2) is 9.97 Å². The van der Waals surface area contributed by atoms with Gasteiger partial charge in [0.25, 0.3) is 0 Å². The molecule has 2 aromatic rings. The summed E-state index contributed by atoms with van der Waals surface area (Å²) in [6.45, 7) is 1.95. The molecular weight excluding hydrogens is 285 g/mol. The van der Waals surface area contributed by atoms with Crippen LogP contribution in [0.4, 0.5) is 10.2 Å². The summed E-state index contributed by atoms with van der Waals surface area (Å²) in [6, 6.07) is 8.25. The van der Waals surface area contributed by atoms with Crippen LogP contribution in [0.3, 0.4) is 0 Å². The number of aromatic nitrogens is 2. The molecule has 0 saturated carbocycles. The minimum Gasteiger partial charge on any atom is -0.363 e. The highest BCUT2D eigenvalue weighted by Crippen LogP contribution is 2.19. The normalized spacial score (nSPS) is 12.2. The summed E-state index contributed by atoms with van der Waals surface area (Å²) in [6.07, 6.45) is 1.46. The maximum absolute atomic E-state index is 13.1. The van der Waals surface area contributed by atoms with E-state index in [0.717, 1.165) is 5.56 Å². The van der Waals surface area contributed by atoms with Gasteiger partial charge in [0.05, 0.1) is 6.04 Å². The standard InChI is InChI=1S/C12H11BrFN3/c1-8(9-3-2-4-10(14)5-9)17-12-6-11(13)15-7-16-12/h2-8H,1H3,(H,15,16,17). The van der Waals surface area contributed by atoms with Crippen LogP contribution < -0.4 is 5.32 Å². The fourth-order valence-corrected chi connectivity index (χ4v) is 1.80. The number of benzene rings is 1. The summed E-state index contributed by atoms with van der Waals surface area (Å²) >= 11 is 3.27. The van der Waals surface area contributed by atoms with Crippen molar-refractivity contribution < 1.29 is 4.39 Å². The number of anilines is 1. The Kier molecular flexibility index (Phi) is 3.68. The second kappa shape index (κ2) is 5.23. The van der Waals surface area contributed by atoms with Crippen LogP contribution in [0.5, 0.6) is 0 Å². The van der Waals surface area contributed by atoms with Crippen molar-refractivity contribution in [2.24, 2.45) is 0 Å². The molecule has 0 fully saturated rings. The molecule has 0 bridgehead atoms. The SMILES string of the molecule is CC(Nc1cc(Br)ncn1)c1cccc(F)c1. The molecule has 5 heteroatoms. The van der Waals surface area contributed by atoms with E-state index in [-0.39, 0.29) is 11.9 Å². The van der Waals surface area contributed by atoms with E-state index in [0.29, 0.717) is 10.4 Å². The summed E-state index contributed by atoms with van der Waals surface area (Å²) in [4.78, 5) is 8.02. The molecule has 1 N–H and O–H groups in total. The summed E-state index contributed by atoms with van der Waals surface area (Å²) in [5.41, 5.74) is 0.875. The molecule has 0 aliphatic rings. The van der Waals surface area contributed by atoms with Crippen LogP contribution in [0.25, 0.3) is 0 Å². The Labute approximate surface area is 107 Å². The van der Waals surface area contributed by atoms with E-state index >= 15 is 0 Å². The zero-order chi connectivity index (χ0) is 12.3. The number of rotatable bonds is 3. The summed E-state index contributed by atoms with van der Waals surface area (Å²) in [5, 5.41) is 3.18. The minimum absolute atomic E-state index is 0.0208. The Morgan fingerprint density at radius 3 is 2.82 bits per heavy atom. The van der Waals surface area contributed by atoms with E-state index in [4.69, 9.17) is 0 Å². The van der Waals surface area contributed by atoms with Crippen LogP contribution in [0.1, 0.15) is 18.5 Å². The number of nitrogens with one attached hydrogen (secondary N) is 1. The van der Waals surface area contributed by atoms with Crippen LogP contribution in [0.2, 0.25) is 0 Å². The van der Waals surface area contributed by atoms with Gasteiger partial charge in [-0.05, 0) is 40.5 Å². The van der Waals surface area contributed by atoms with Crippen LogP contribution >= 0.6 is 15.9 Å². The second-order valence-electron chi connectivity index (χ2n) is 3.65. The minimum atomic E-state index is -0.236. The van der Waals surface area contributed by atoms with Gasteiger partial charge < -0.3 is 5.32 Å². The van der Waals surface area contributed by atoms with Crippen molar-refractivity contribution in [2.45, 2.75) is 13.0 Å². The molecule has 1 heterocycles.